The molecule has 4 nitrogen and oxygen atoms in total. The predicted octanol–water partition coefficient (Wildman–Crippen LogP) is 2.29. The van der Waals surface area contributed by atoms with Crippen LogP contribution in [-0.4, -0.2) is 10.2 Å². The fourth-order valence-corrected chi connectivity index (χ4v) is 2.09. The lowest BCUT2D eigenvalue weighted by atomic mass is 10.3. The Balaban J connectivity index is 1.79. The zero-order chi connectivity index (χ0) is 11.4. The number of rotatable bonds is 5. The summed E-state index contributed by atoms with van der Waals surface area (Å²) in [5, 5.41) is 13.3. The Hall–Kier alpha value is -1.20. The minimum Gasteiger partial charge on any atom is -0.465 e. The fourth-order valence-electron chi connectivity index (χ4n) is 1.41. The highest BCUT2D eigenvalue weighted by Crippen LogP contribution is 2.10. The second-order valence-corrected chi connectivity index (χ2v) is 4.81. The number of furan rings is 1. The van der Waals surface area contributed by atoms with Gasteiger partial charge in [0.15, 0.2) is 0 Å². The number of hydrogen-bond donors (Lipinski definition) is 1. The van der Waals surface area contributed by atoms with Gasteiger partial charge in [0, 0.05) is 6.42 Å². The van der Waals surface area contributed by atoms with E-state index in [-0.39, 0.29) is 0 Å². The second-order valence-electron chi connectivity index (χ2n) is 3.54. The second kappa shape index (κ2) is 5.23. The van der Waals surface area contributed by atoms with Gasteiger partial charge in [-0.2, -0.15) is 0 Å². The van der Waals surface area contributed by atoms with E-state index < -0.39 is 0 Å². The van der Waals surface area contributed by atoms with Crippen molar-refractivity contribution in [3.63, 3.8) is 0 Å². The van der Waals surface area contributed by atoms with Crippen molar-refractivity contribution in [1.82, 2.24) is 15.5 Å². The maximum atomic E-state index is 5.58. The molecule has 0 atom stereocenters. The smallest absolute Gasteiger partial charge is 0.131 e. The Morgan fingerprint density at radius 3 is 2.69 bits per heavy atom. The van der Waals surface area contributed by atoms with Crippen molar-refractivity contribution in [1.29, 1.82) is 0 Å². The van der Waals surface area contributed by atoms with E-state index in [9.17, 15) is 0 Å². The maximum Gasteiger partial charge on any atom is 0.131 e. The van der Waals surface area contributed by atoms with Gasteiger partial charge in [-0.1, -0.05) is 6.92 Å². The van der Waals surface area contributed by atoms with Gasteiger partial charge in [0.05, 0.1) is 13.1 Å². The van der Waals surface area contributed by atoms with Crippen molar-refractivity contribution in [2.75, 3.05) is 0 Å². The molecule has 0 aliphatic rings. The highest BCUT2D eigenvalue weighted by molar-refractivity contribution is 7.11. The highest BCUT2D eigenvalue weighted by atomic mass is 32.1. The Morgan fingerprint density at radius 1 is 1.25 bits per heavy atom. The minimum absolute atomic E-state index is 0.735. The standard InChI is InChI=1S/C11H15N3OS/c1-3-9-4-5-10(15-9)6-12-7-11-14-13-8(2)16-11/h4-5,12H,3,6-7H2,1-2H3. The van der Waals surface area contributed by atoms with Gasteiger partial charge >= 0.3 is 0 Å². The zero-order valence-corrected chi connectivity index (χ0v) is 10.3. The molecule has 0 aliphatic carbocycles. The molecule has 1 N–H and O–H groups in total. The molecular formula is C11H15N3OS. The summed E-state index contributed by atoms with van der Waals surface area (Å²) in [5.74, 6) is 2.00. The number of nitrogens with one attached hydrogen (secondary N) is 1. The van der Waals surface area contributed by atoms with E-state index >= 15 is 0 Å². The molecule has 0 bridgehead atoms. The molecule has 0 amide bonds. The Bertz CT molecular complexity index is 450. The van der Waals surface area contributed by atoms with Crippen molar-refractivity contribution in [2.24, 2.45) is 0 Å². The van der Waals surface area contributed by atoms with Gasteiger partial charge in [-0.3, -0.25) is 0 Å². The SMILES string of the molecule is CCc1ccc(CNCc2nnc(C)s2)o1. The maximum absolute atomic E-state index is 5.58. The third-order valence-electron chi connectivity index (χ3n) is 2.21. The van der Waals surface area contributed by atoms with E-state index in [2.05, 4.69) is 22.4 Å². The Morgan fingerprint density at radius 2 is 2.06 bits per heavy atom. The fraction of sp³-hybridized carbons (Fsp3) is 0.455. The average Bonchev–Trinajstić information content (AvgIpc) is 2.88. The summed E-state index contributed by atoms with van der Waals surface area (Å²) in [7, 11) is 0. The van der Waals surface area contributed by atoms with Crippen molar-refractivity contribution in [3.8, 4) is 0 Å². The number of aryl methyl sites for hydroxylation is 2. The van der Waals surface area contributed by atoms with Gasteiger partial charge in [0.2, 0.25) is 0 Å². The minimum atomic E-state index is 0.735. The van der Waals surface area contributed by atoms with Gasteiger partial charge in [0.25, 0.3) is 0 Å². The van der Waals surface area contributed by atoms with Crippen LogP contribution in [0.3, 0.4) is 0 Å². The Kier molecular flexibility index (Phi) is 3.69. The summed E-state index contributed by atoms with van der Waals surface area (Å²) in [6.07, 6.45) is 0.940. The molecule has 0 saturated heterocycles. The predicted molar refractivity (Wildman–Crippen MR) is 63.3 cm³/mol. The quantitative estimate of drug-likeness (QED) is 0.867. The molecule has 2 rings (SSSR count). The molecule has 2 aromatic rings. The lowest BCUT2D eigenvalue weighted by Gasteiger charge is -1.98. The van der Waals surface area contributed by atoms with Gasteiger partial charge in [-0.15, -0.1) is 21.5 Å². The van der Waals surface area contributed by atoms with Crippen LogP contribution in [-0.2, 0) is 19.5 Å². The summed E-state index contributed by atoms with van der Waals surface area (Å²) in [6.45, 7) is 5.52. The van der Waals surface area contributed by atoms with Crippen LogP contribution in [0.5, 0.6) is 0 Å². The number of hydrogen-bond acceptors (Lipinski definition) is 5. The first-order valence-electron chi connectivity index (χ1n) is 5.35. The van der Waals surface area contributed by atoms with Crippen LogP contribution in [0.1, 0.15) is 28.5 Å². The van der Waals surface area contributed by atoms with E-state index in [1.54, 1.807) is 11.3 Å². The molecule has 0 unspecified atom stereocenters. The molecule has 0 spiro atoms. The third-order valence-corrected chi connectivity index (χ3v) is 3.05. The van der Waals surface area contributed by atoms with Crippen molar-refractivity contribution >= 4 is 11.3 Å². The molecular weight excluding hydrogens is 222 g/mol. The molecule has 2 aromatic heterocycles. The number of aromatic nitrogens is 2. The van der Waals surface area contributed by atoms with Crippen LogP contribution in [0.25, 0.3) is 0 Å². The topological polar surface area (TPSA) is 51.0 Å². The van der Waals surface area contributed by atoms with E-state index in [4.69, 9.17) is 4.42 Å². The first kappa shape index (κ1) is 11.3. The lowest BCUT2D eigenvalue weighted by Crippen LogP contribution is -2.11. The van der Waals surface area contributed by atoms with E-state index in [0.717, 1.165) is 41.0 Å². The van der Waals surface area contributed by atoms with Crippen LogP contribution in [0.4, 0.5) is 0 Å². The van der Waals surface area contributed by atoms with Gasteiger partial charge in [-0.05, 0) is 19.1 Å². The number of nitrogens with zero attached hydrogens (tertiary/aromatic N) is 2. The van der Waals surface area contributed by atoms with E-state index in [1.165, 1.54) is 0 Å². The highest BCUT2D eigenvalue weighted by Gasteiger charge is 2.02. The summed E-state index contributed by atoms with van der Waals surface area (Å²) in [5.41, 5.74) is 0. The van der Waals surface area contributed by atoms with Gasteiger partial charge < -0.3 is 9.73 Å². The molecule has 16 heavy (non-hydrogen) atoms. The van der Waals surface area contributed by atoms with Crippen LogP contribution in [0, 0.1) is 6.92 Å². The molecule has 0 fully saturated rings. The van der Waals surface area contributed by atoms with E-state index in [1.807, 2.05) is 19.1 Å². The average molecular weight is 237 g/mol. The van der Waals surface area contributed by atoms with Crippen LogP contribution < -0.4 is 5.32 Å². The monoisotopic (exact) mass is 237 g/mol. The van der Waals surface area contributed by atoms with Crippen LogP contribution >= 0.6 is 11.3 Å². The Labute approximate surface area is 98.7 Å². The largest absolute Gasteiger partial charge is 0.465 e. The van der Waals surface area contributed by atoms with Gasteiger partial charge in [-0.25, -0.2) is 0 Å². The summed E-state index contributed by atoms with van der Waals surface area (Å²) < 4.78 is 5.58. The van der Waals surface area contributed by atoms with Crippen molar-refractivity contribution in [2.45, 2.75) is 33.4 Å². The summed E-state index contributed by atoms with van der Waals surface area (Å²) >= 11 is 1.62. The third kappa shape index (κ3) is 2.90. The van der Waals surface area contributed by atoms with Gasteiger partial charge in [0.1, 0.15) is 21.5 Å². The first-order valence-corrected chi connectivity index (χ1v) is 6.17. The first-order chi connectivity index (χ1) is 7.78. The summed E-state index contributed by atoms with van der Waals surface area (Å²) in [4.78, 5) is 0. The lowest BCUT2D eigenvalue weighted by molar-refractivity contribution is 0.450. The van der Waals surface area contributed by atoms with Crippen LogP contribution in [0.15, 0.2) is 16.5 Å². The van der Waals surface area contributed by atoms with Crippen molar-refractivity contribution in [3.05, 3.63) is 33.7 Å². The van der Waals surface area contributed by atoms with Crippen molar-refractivity contribution < 1.29 is 4.42 Å². The normalized spacial score (nSPS) is 10.9. The molecule has 2 heterocycles. The van der Waals surface area contributed by atoms with Crippen LogP contribution in [0.2, 0.25) is 0 Å². The molecule has 86 valence electrons. The molecule has 0 saturated carbocycles. The molecule has 0 radical (unpaired) electrons. The molecule has 0 aliphatic heterocycles. The summed E-state index contributed by atoms with van der Waals surface area (Å²) in [6, 6.07) is 4.03. The van der Waals surface area contributed by atoms with E-state index in [0.29, 0.717) is 0 Å². The zero-order valence-electron chi connectivity index (χ0n) is 9.49. The molecule has 5 heteroatoms. The molecule has 0 aromatic carbocycles.